The summed E-state index contributed by atoms with van der Waals surface area (Å²) in [5.41, 5.74) is 2.11. The molecule has 0 radical (unpaired) electrons. The van der Waals surface area contributed by atoms with E-state index in [9.17, 15) is 4.79 Å². The zero-order valence-corrected chi connectivity index (χ0v) is 10.6. The molecule has 0 fully saturated rings. The van der Waals surface area contributed by atoms with Gasteiger partial charge in [0.2, 0.25) is 0 Å². The Morgan fingerprint density at radius 3 is 2.67 bits per heavy atom. The van der Waals surface area contributed by atoms with Gasteiger partial charge in [0.25, 0.3) is 0 Å². The minimum absolute atomic E-state index is 0.160. The maximum absolute atomic E-state index is 11.7. The average Bonchev–Trinajstić information content (AvgIpc) is 2.40. The van der Waals surface area contributed by atoms with Crippen molar-refractivity contribution >= 4 is 17.6 Å². The third-order valence-corrected chi connectivity index (χ3v) is 2.74. The van der Waals surface area contributed by atoms with E-state index < -0.39 is 5.97 Å². The molecular weight excluding hydrogens is 250 g/mol. The summed E-state index contributed by atoms with van der Waals surface area (Å²) in [5.74, 6) is -0.451. The van der Waals surface area contributed by atoms with Crippen molar-refractivity contribution in [2.45, 2.75) is 6.92 Å². The van der Waals surface area contributed by atoms with E-state index >= 15 is 0 Å². The molecular formula is C14H12ClNO2. The van der Waals surface area contributed by atoms with Crippen molar-refractivity contribution in [1.82, 2.24) is 4.98 Å². The van der Waals surface area contributed by atoms with Gasteiger partial charge in [0.1, 0.15) is 5.15 Å². The molecule has 0 spiro atoms. The van der Waals surface area contributed by atoms with E-state index in [0.29, 0.717) is 12.2 Å². The monoisotopic (exact) mass is 261 g/mol. The molecule has 0 atom stereocenters. The Hall–Kier alpha value is -1.87. The maximum atomic E-state index is 11.7. The summed E-state index contributed by atoms with van der Waals surface area (Å²) >= 11 is 5.90. The Morgan fingerprint density at radius 2 is 2.00 bits per heavy atom. The van der Waals surface area contributed by atoms with Crippen LogP contribution in [-0.4, -0.2) is 17.6 Å². The quantitative estimate of drug-likeness (QED) is 0.626. The van der Waals surface area contributed by atoms with Crippen molar-refractivity contribution in [3.8, 4) is 11.1 Å². The third-order valence-electron chi connectivity index (χ3n) is 2.44. The summed E-state index contributed by atoms with van der Waals surface area (Å²) in [6, 6.07) is 11.4. The summed E-state index contributed by atoms with van der Waals surface area (Å²) in [6.45, 7) is 2.06. The largest absolute Gasteiger partial charge is 0.462 e. The molecule has 1 heterocycles. The van der Waals surface area contributed by atoms with E-state index in [1.807, 2.05) is 30.3 Å². The molecule has 18 heavy (non-hydrogen) atoms. The number of hydrogen-bond donors (Lipinski definition) is 0. The van der Waals surface area contributed by atoms with Gasteiger partial charge >= 0.3 is 5.97 Å². The molecule has 0 aliphatic rings. The molecule has 0 aliphatic carbocycles. The lowest BCUT2D eigenvalue weighted by Gasteiger charge is -2.06. The fourth-order valence-electron chi connectivity index (χ4n) is 1.59. The molecule has 0 unspecified atom stereocenters. The van der Waals surface area contributed by atoms with Crippen molar-refractivity contribution in [3.63, 3.8) is 0 Å². The van der Waals surface area contributed by atoms with Crippen molar-refractivity contribution in [2.75, 3.05) is 6.61 Å². The summed E-state index contributed by atoms with van der Waals surface area (Å²) in [6.07, 6.45) is 1.64. The molecule has 3 nitrogen and oxygen atoms in total. The van der Waals surface area contributed by atoms with Crippen LogP contribution in [0.15, 0.2) is 42.6 Å². The van der Waals surface area contributed by atoms with Crippen LogP contribution in [0, 0.1) is 0 Å². The summed E-state index contributed by atoms with van der Waals surface area (Å²) < 4.78 is 4.94. The van der Waals surface area contributed by atoms with Crippen LogP contribution in [0.3, 0.4) is 0 Å². The number of nitrogens with zero attached hydrogens (tertiary/aromatic N) is 1. The minimum Gasteiger partial charge on any atom is -0.462 e. The molecule has 1 aromatic carbocycles. The van der Waals surface area contributed by atoms with Crippen molar-refractivity contribution in [1.29, 1.82) is 0 Å². The van der Waals surface area contributed by atoms with Crippen LogP contribution >= 0.6 is 11.6 Å². The van der Waals surface area contributed by atoms with Crippen molar-refractivity contribution in [2.24, 2.45) is 0 Å². The van der Waals surface area contributed by atoms with Crippen LogP contribution in [-0.2, 0) is 4.74 Å². The van der Waals surface area contributed by atoms with Gasteiger partial charge < -0.3 is 4.74 Å². The molecule has 0 bridgehead atoms. The summed E-state index contributed by atoms with van der Waals surface area (Å²) in [5, 5.41) is 0.160. The number of rotatable bonds is 3. The molecule has 0 aliphatic heterocycles. The highest BCUT2D eigenvalue weighted by Gasteiger charge is 2.13. The van der Waals surface area contributed by atoms with Crippen LogP contribution < -0.4 is 0 Å². The molecule has 0 saturated carbocycles. The number of esters is 1. The number of carbonyl (C=O) groups is 1. The number of aromatic nitrogens is 1. The Balaban J connectivity index is 2.41. The van der Waals surface area contributed by atoms with E-state index in [2.05, 4.69) is 4.98 Å². The second-order valence-corrected chi connectivity index (χ2v) is 4.01. The van der Waals surface area contributed by atoms with Crippen LogP contribution in [0.4, 0.5) is 0 Å². The van der Waals surface area contributed by atoms with Gasteiger partial charge in [-0.05, 0) is 18.6 Å². The molecule has 1 aromatic heterocycles. The number of benzene rings is 1. The fraction of sp³-hybridized carbons (Fsp3) is 0.143. The van der Waals surface area contributed by atoms with Gasteiger partial charge in [-0.15, -0.1) is 0 Å². The average molecular weight is 262 g/mol. The van der Waals surface area contributed by atoms with Gasteiger partial charge in [0, 0.05) is 11.8 Å². The number of halogens is 1. The Labute approximate surface area is 110 Å². The number of pyridine rings is 1. The maximum Gasteiger partial charge on any atom is 0.341 e. The van der Waals surface area contributed by atoms with E-state index in [1.54, 1.807) is 19.2 Å². The number of carbonyl (C=O) groups excluding carboxylic acids is 1. The predicted molar refractivity (Wildman–Crippen MR) is 70.6 cm³/mol. The second-order valence-electron chi connectivity index (χ2n) is 3.65. The van der Waals surface area contributed by atoms with E-state index in [4.69, 9.17) is 16.3 Å². The van der Waals surface area contributed by atoms with E-state index in [1.165, 1.54) is 0 Å². The normalized spacial score (nSPS) is 10.1. The number of ether oxygens (including phenoxy) is 1. The number of hydrogen-bond acceptors (Lipinski definition) is 3. The highest BCUT2D eigenvalue weighted by Crippen LogP contribution is 2.23. The lowest BCUT2D eigenvalue weighted by molar-refractivity contribution is 0.0526. The first-order chi connectivity index (χ1) is 8.72. The Bertz CT molecular complexity index is 555. The van der Waals surface area contributed by atoms with Gasteiger partial charge in [-0.3, -0.25) is 0 Å². The van der Waals surface area contributed by atoms with E-state index in [0.717, 1.165) is 11.1 Å². The van der Waals surface area contributed by atoms with Crippen LogP contribution in [0.5, 0.6) is 0 Å². The highest BCUT2D eigenvalue weighted by molar-refractivity contribution is 6.32. The smallest absolute Gasteiger partial charge is 0.341 e. The first kappa shape index (κ1) is 12.6. The van der Waals surface area contributed by atoms with Crippen LogP contribution in [0.2, 0.25) is 5.15 Å². The molecule has 0 N–H and O–H groups in total. The molecule has 2 rings (SSSR count). The standard InChI is InChI=1S/C14H12ClNO2/c1-2-18-14(17)12-8-11(9-16-13(12)15)10-6-4-3-5-7-10/h3-9H,2H2,1H3. The Kier molecular flexibility index (Phi) is 3.95. The fourth-order valence-corrected chi connectivity index (χ4v) is 1.77. The third kappa shape index (κ3) is 2.68. The van der Waals surface area contributed by atoms with Gasteiger partial charge in [0.05, 0.1) is 12.2 Å². The van der Waals surface area contributed by atoms with Crippen molar-refractivity contribution in [3.05, 3.63) is 53.3 Å². The van der Waals surface area contributed by atoms with Crippen LogP contribution in [0.1, 0.15) is 17.3 Å². The minimum atomic E-state index is -0.451. The van der Waals surface area contributed by atoms with Gasteiger partial charge in [-0.25, -0.2) is 9.78 Å². The molecule has 2 aromatic rings. The first-order valence-electron chi connectivity index (χ1n) is 5.60. The topological polar surface area (TPSA) is 39.2 Å². The lowest BCUT2D eigenvalue weighted by Crippen LogP contribution is -2.06. The van der Waals surface area contributed by atoms with Gasteiger partial charge in [-0.2, -0.15) is 0 Å². The molecule has 4 heteroatoms. The Morgan fingerprint density at radius 1 is 1.28 bits per heavy atom. The first-order valence-corrected chi connectivity index (χ1v) is 5.98. The lowest BCUT2D eigenvalue weighted by atomic mass is 10.1. The molecule has 0 amide bonds. The van der Waals surface area contributed by atoms with Gasteiger partial charge in [0.15, 0.2) is 0 Å². The zero-order valence-electron chi connectivity index (χ0n) is 9.89. The van der Waals surface area contributed by atoms with Gasteiger partial charge in [-0.1, -0.05) is 41.9 Å². The van der Waals surface area contributed by atoms with Crippen molar-refractivity contribution < 1.29 is 9.53 Å². The summed E-state index contributed by atoms with van der Waals surface area (Å²) in [4.78, 5) is 15.7. The summed E-state index contributed by atoms with van der Waals surface area (Å²) in [7, 11) is 0. The second kappa shape index (κ2) is 5.65. The molecule has 92 valence electrons. The van der Waals surface area contributed by atoms with Crippen LogP contribution in [0.25, 0.3) is 11.1 Å². The highest BCUT2D eigenvalue weighted by atomic mass is 35.5. The SMILES string of the molecule is CCOC(=O)c1cc(-c2ccccc2)cnc1Cl. The zero-order chi connectivity index (χ0) is 13.0. The predicted octanol–water partition coefficient (Wildman–Crippen LogP) is 3.58. The molecule has 0 saturated heterocycles. The van der Waals surface area contributed by atoms with E-state index in [-0.39, 0.29) is 5.15 Å².